The highest BCUT2D eigenvalue weighted by atomic mass is 16.6. The van der Waals surface area contributed by atoms with Crippen LogP contribution in [0.5, 0.6) is 0 Å². The molecule has 5 aliphatic heterocycles. The number of amides is 9. The number of carbonyl (C=O) groups excluding carboxylic acids is 10. The molecule has 6 fully saturated rings. The van der Waals surface area contributed by atoms with Crippen molar-refractivity contribution in [3.63, 3.8) is 0 Å². The van der Waals surface area contributed by atoms with E-state index >= 15 is 4.79 Å². The fourth-order valence-corrected chi connectivity index (χ4v) is 16.1. The number of rotatable bonds is 24. The van der Waals surface area contributed by atoms with E-state index in [9.17, 15) is 43.2 Å². The van der Waals surface area contributed by atoms with Crippen molar-refractivity contribution >= 4 is 70.7 Å². The highest BCUT2D eigenvalue weighted by molar-refractivity contribution is 6.25. The van der Waals surface area contributed by atoms with E-state index in [-0.39, 0.29) is 92.9 Å². The van der Waals surface area contributed by atoms with Gasteiger partial charge >= 0.3 is 12.2 Å². The van der Waals surface area contributed by atoms with Crippen LogP contribution < -0.4 is 20.9 Å². The predicted octanol–water partition coefficient (Wildman–Crippen LogP) is 8.60. The minimum Gasteiger partial charge on any atom is -0.444 e. The van der Waals surface area contributed by atoms with E-state index in [1.807, 2.05) is 13.1 Å². The summed E-state index contributed by atoms with van der Waals surface area (Å²) in [5, 5.41) is 8.56. The molecule has 4 saturated heterocycles. The zero-order valence-electron chi connectivity index (χ0n) is 57.3. The summed E-state index contributed by atoms with van der Waals surface area (Å²) in [7, 11) is 2.02. The number of imide groups is 2. The number of ketones is 1. The molecule has 0 aromatic heterocycles. The van der Waals surface area contributed by atoms with Gasteiger partial charge in [-0.25, -0.2) is 9.59 Å². The van der Waals surface area contributed by atoms with E-state index in [1.165, 1.54) is 37.8 Å². The number of unbranched alkanes of at least 4 members (excludes halogenated alkanes) is 6. The number of anilines is 2. The molecule has 9 amide bonds. The molecule has 5 heterocycles. The fraction of sp³-hybridized carbons (Fsp3) is 0.644. The first kappa shape index (κ1) is 69.7. The van der Waals surface area contributed by atoms with Crippen molar-refractivity contribution in [1.82, 2.24) is 35.1 Å². The summed E-state index contributed by atoms with van der Waals surface area (Å²) in [6.07, 6.45) is 15.4. The van der Waals surface area contributed by atoms with Crippen LogP contribution in [0.15, 0.2) is 65.3 Å². The van der Waals surface area contributed by atoms with Crippen molar-refractivity contribution in [3.05, 3.63) is 82.0 Å². The fourth-order valence-electron chi connectivity index (χ4n) is 16.1. The Kier molecular flexibility index (Phi) is 21.5. The average Bonchev–Trinajstić information content (AvgIpc) is 1.51. The third-order valence-electron chi connectivity index (χ3n) is 20.8. The van der Waals surface area contributed by atoms with Crippen LogP contribution in [0.4, 0.5) is 21.0 Å². The standard InChI is InChI=1S/C73H99N9O14/c1-71(2,3)95-69(91)78-37-39-81(57(44-78)64(86)75-34-13-9-11-15-41-93-40-14-10-8-12-33-74-55-19-16-18-52-63(55)68(90)82(66(52)88)56-30-32-60(84)76-65(56)87)67(89)58-45-79(70(92)96-72(4,5)6)36-38-80(58)61(85)20-17-35-77(7)48-24-21-46(22-25-48)53-43-73-54(29-31-59(73)94-73)51-27-23-47-42-49(83)26-28-50(47)62(51)53/h16,18-19,21-22,24-25,42,51,53-54,56-59,74H,8-15,17,20,23,26-41,43-45H2,1-7H3,(H,75,86)(H,76,84,87)/t51-,53+,54?,56?,57?,58?,59-,73+/m0/s1. The number of allylic oxidation sites excluding steroid dienone is 4. The quantitative estimate of drug-likeness (QED) is 0.0504. The van der Waals surface area contributed by atoms with Gasteiger partial charge in [-0.2, -0.15) is 0 Å². The lowest BCUT2D eigenvalue weighted by Gasteiger charge is -2.46. The topological polar surface area (TPSA) is 266 Å². The normalized spacial score (nSPS) is 25.5. The van der Waals surface area contributed by atoms with Crippen molar-refractivity contribution in [2.45, 2.75) is 210 Å². The Bertz CT molecular complexity index is 3390. The van der Waals surface area contributed by atoms with E-state index in [4.69, 9.17) is 18.9 Å². The van der Waals surface area contributed by atoms with Gasteiger partial charge in [0.25, 0.3) is 11.8 Å². The smallest absolute Gasteiger partial charge is 0.410 e. The molecule has 3 N–H and O–H groups in total. The summed E-state index contributed by atoms with van der Waals surface area (Å²) in [6, 6.07) is 10.6. The van der Waals surface area contributed by atoms with E-state index in [0.29, 0.717) is 75.7 Å². The second-order valence-corrected chi connectivity index (χ2v) is 29.7. The number of hydrogen-bond acceptors (Lipinski definition) is 16. The number of nitrogens with zero attached hydrogens (tertiary/aromatic N) is 6. The Morgan fingerprint density at radius 2 is 1.36 bits per heavy atom. The molecule has 0 radical (unpaired) electrons. The highest BCUT2D eigenvalue weighted by Gasteiger charge is 2.70. The molecule has 1 spiro atoms. The minimum atomic E-state index is -1.12. The molecule has 4 aliphatic carbocycles. The van der Waals surface area contributed by atoms with Crippen molar-refractivity contribution in [3.8, 4) is 0 Å². The Labute approximate surface area is 564 Å². The van der Waals surface area contributed by atoms with Gasteiger partial charge in [0, 0.05) is 103 Å². The van der Waals surface area contributed by atoms with E-state index < -0.39 is 77.0 Å². The second-order valence-electron chi connectivity index (χ2n) is 29.7. The Balaban J connectivity index is 0.641. The molecular weight excluding hydrogens is 1230 g/mol. The third-order valence-corrected chi connectivity index (χ3v) is 20.8. The van der Waals surface area contributed by atoms with Gasteiger partial charge in [-0.05, 0) is 177 Å². The monoisotopic (exact) mass is 1330 g/mol. The molecule has 520 valence electrons. The maximum Gasteiger partial charge on any atom is 0.410 e. The number of epoxide rings is 1. The van der Waals surface area contributed by atoms with Crippen LogP contribution in [-0.4, -0.2) is 204 Å². The summed E-state index contributed by atoms with van der Waals surface area (Å²) < 4.78 is 24.0. The maximum atomic E-state index is 15.2. The predicted molar refractivity (Wildman–Crippen MR) is 358 cm³/mol. The highest BCUT2D eigenvalue weighted by Crippen LogP contribution is 2.68. The third kappa shape index (κ3) is 15.7. The summed E-state index contributed by atoms with van der Waals surface area (Å²) in [6.45, 7) is 13.3. The molecule has 23 heteroatoms. The average molecular weight is 1330 g/mol. The van der Waals surface area contributed by atoms with Gasteiger partial charge in [0.2, 0.25) is 29.5 Å². The lowest BCUT2D eigenvalue weighted by molar-refractivity contribution is -0.155. The van der Waals surface area contributed by atoms with E-state index in [1.54, 1.807) is 70.2 Å². The number of carbonyl (C=O) groups is 10. The van der Waals surface area contributed by atoms with E-state index in [2.05, 4.69) is 45.1 Å². The molecule has 96 heavy (non-hydrogen) atoms. The number of ether oxygens (including phenoxy) is 4. The number of piperazine rings is 2. The second kappa shape index (κ2) is 29.6. The number of hydrogen-bond donors (Lipinski definition) is 3. The molecule has 2 aromatic carbocycles. The van der Waals surface area contributed by atoms with Gasteiger partial charge < -0.3 is 54.1 Å². The Morgan fingerprint density at radius 3 is 2.04 bits per heavy atom. The summed E-state index contributed by atoms with van der Waals surface area (Å²) in [5.74, 6) is -1.81. The Morgan fingerprint density at radius 1 is 0.698 bits per heavy atom. The number of piperidine rings is 1. The van der Waals surface area contributed by atoms with Gasteiger partial charge in [0.1, 0.15) is 29.3 Å². The van der Waals surface area contributed by atoms with Crippen LogP contribution in [-0.2, 0) is 47.7 Å². The van der Waals surface area contributed by atoms with Gasteiger partial charge in [-0.1, -0.05) is 49.5 Å². The van der Waals surface area contributed by atoms with Crippen LogP contribution in [0.1, 0.15) is 196 Å². The molecular formula is C73H99N9O14. The van der Waals surface area contributed by atoms with Crippen molar-refractivity contribution in [1.29, 1.82) is 0 Å². The molecule has 8 atom stereocenters. The van der Waals surface area contributed by atoms with Gasteiger partial charge in [0.05, 0.1) is 35.9 Å². The van der Waals surface area contributed by atoms with Crippen LogP contribution in [0, 0.1) is 11.8 Å². The van der Waals surface area contributed by atoms with Crippen LogP contribution in [0.25, 0.3) is 0 Å². The molecule has 0 bridgehead atoms. The molecule has 11 rings (SSSR count). The summed E-state index contributed by atoms with van der Waals surface area (Å²) in [5.41, 5.74) is 5.88. The van der Waals surface area contributed by atoms with Crippen LogP contribution in [0.2, 0.25) is 0 Å². The lowest BCUT2D eigenvalue weighted by atomic mass is 9.58. The van der Waals surface area contributed by atoms with E-state index in [0.717, 1.165) is 87.6 Å². The van der Waals surface area contributed by atoms with Gasteiger partial charge in [-0.15, -0.1) is 0 Å². The van der Waals surface area contributed by atoms with Gasteiger partial charge in [-0.3, -0.25) is 48.6 Å². The van der Waals surface area contributed by atoms with Crippen molar-refractivity contribution in [2.24, 2.45) is 11.8 Å². The SMILES string of the molecule is CN(CCCC(=O)N1CCN(C(=O)OC(C)(C)C)CC1C(=O)N1CCN(C(=O)OC(C)(C)C)CC1C(=O)NCCCCCCOCCCCCCNc1cccc2c1C(=O)N(C1CCC(=O)NC1=O)C2=O)c1ccc([C@H]2C[C@]34O[C@H]3CCC4[C@@H]3CCC4=CC(=O)CCC4=C32)cc1. The number of fused-ring (bicyclic) bond motifs is 4. The summed E-state index contributed by atoms with van der Waals surface area (Å²) >= 11 is 0. The minimum absolute atomic E-state index is 0.00415. The summed E-state index contributed by atoms with van der Waals surface area (Å²) in [4.78, 5) is 144. The largest absolute Gasteiger partial charge is 0.444 e. The first-order valence-corrected chi connectivity index (χ1v) is 35.3. The molecule has 2 saturated carbocycles. The van der Waals surface area contributed by atoms with Crippen LogP contribution >= 0.6 is 0 Å². The molecule has 4 unspecified atom stereocenters. The van der Waals surface area contributed by atoms with Gasteiger partial charge in [0.15, 0.2) is 5.78 Å². The first-order valence-electron chi connectivity index (χ1n) is 35.3. The molecule has 9 aliphatic rings. The zero-order valence-corrected chi connectivity index (χ0v) is 57.3. The number of benzene rings is 2. The Hall–Kier alpha value is -7.66. The maximum absolute atomic E-state index is 15.2. The lowest BCUT2D eigenvalue weighted by Crippen LogP contribution is -2.68. The van der Waals surface area contributed by atoms with Crippen molar-refractivity contribution in [2.75, 3.05) is 89.4 Å². The van der Waals surface area contributed by atoms with Crippen LogP contribution in [0.3, 0.4) is 0 Å². The number of nitrogens with one attached hydrogen (secondary N) is 3. The zero-order chi connectivity index (χ0) is 68.2. The van der Waals surface area contributed by atoms with Crippen molar-refractivity contribution < 1.29 is 66.9 Å². The first-order chi connectivity index (χ1) is 45.9. The molecule has 2 aromatic rings. The molecule has 23 nitrogen and oxygen atoms in total.